The van der Waals surface area contributed by atoms with E-state index in [1.807, 2.05) is 24.5 Å². The van der Waals surface area contributed by atoms with Crippen LogP contribution >= 0.6 is 0 Å². The number of fused-ring (bicyclic) bond motifs is 15. The van der Waals surface area contributed by atoms with E-state index in [9.17, 15) is 0 Å². The Balaban J connectivity index is 0.000000140. The van der Waals surface area contributed by atoms with E-state index in [4.69, 9.17) is 15.0 Å². The van der Waals surface area contributed by atoms with E-state index < -0.39 is 0 Å². The molecule has 124 heavy (non-hydrogen) atoms. The van der Waals surface area contributed by atoms with Crippen LogP contribution in [0.3, 0.4) is 0 Å². The fourth-order valence-corrected chi connectivity index (χ4v) is 19.0. The van der Waals surface area contributed by atoms with Crippen LogP contribution in [-0.4, -0.2) is 38.2 Å². The lowest BCUT2D eigenvalue weighted by Gasteiger charge is -2.14. The average Bonchev–Trinajstić information content (AvgIpc) is 1.53. The van der Waals surface area contributed by atoms with E-state index in [0.717, 1.165) is 134 Å². The Bertz CT molecular complexity index is 8520. The normalized spacial score (nSPS) is 11.7. The average molecular weight is 1580 g/mol. The fraction of sp³-hybridized carbons (Fsp3) is 0. The van der Waals surface area contributed by atoms with Crippen molar-refractivity contribution in [2.45, 2.75) is 0 Å². The highest BCUT2D eigenvalue weighted by atomic mass is 15.0. The standard InChI is InChI=1S/C60H38N4.C56H36N4/c1-3-14-45(15-4-1)63-57-21-11-8-18-47(57)51-36-43(29-33-59(51)63)42-28-32-55-50(35-42)49(39-23-25-41(26-24-39)54-31-27-40-13-7-10-20-53(40)61-54)38-56(62-55)44-30-34-60-52(37-44)48-19-9-12-22-58(48)64(60)46-16-5-2-6-17-46;1-3-16-43(17-4-1)59-53-22-9-7-20-45(53)49-33-39(25-28-55(49)59)38-24-27-51-48(32-38)47(40-14-11-13-37(31-40)42-15-12-30-57-36-42)35-52(58-51)41-26-29-56-50(34-41)46-21-8-10-23-54(46)60(56)44-18-5-2-6-19-44/h1-38H;1-36H. The van der Waals surface area contributed by atoms with E-state index in [-0.39, 0.29) is 0 Å². The summed E-state index contributed by atoms with van der Waals surface area (Å²) in [7, 11) is 0. The van der Waals surface area contributed by atoms with E-state index in [0.29, 0.717) is 0 Å². The van der Waals surface area contributed by atoms with Gasteiger partial charge in [-0.3, -0.25) is 4.98 Å². The summed E-state index contributed by atoms with van der Waals surface area (Å²) in [5.41, 5.74) is 34.4. The summed E-state index contributed by atoms with van der Waals surface area (Å²) in [5, 5.41) is 13.1. The minimum atomic E-state index is 0.934. The molecule has 0 aliphatic carbocycles. The highest BCUT2D eigenvalue weighted by Gasteiger charge is 2.23. The molecule has 0 saturated heterocycles. The van der Waals surface area contributed by atoms with Crippen molar-refractivity contribution in [3.63, 3.8) is 0 Å². The quantitative estimate of drug-likeness (QED) is 0.122. The van der Waals surface area contributed by atoms with Gasteiger partial charge in [-0.05, 0) is 232 Å². The molecule has 8 aromatic heterocycles. The fourth-order valence-electron chi connectivity index (χ4n) is 19.0. The molecule has 25 rings (SSSR count). The van der Waals surface area contributed by atoms with Gasteiger partial charge in [0.15, 0.2) is 0 Å². The summed E-state index contributed by atoms with van der Waals surface area (Å²) >= 11 is 0. The first-order valence-corrected chi connectivity index (χ1v) is 42.2. The molecule has 8 heterocycles. The van der Waals surface area contributed by atoms with Gasteiger partial charge in [-0.25, -0.2) is 15.0 Å². The molecular weight excluding hydrogens is 1510 g/mol. The summed E-state index contributed by atoms with van der Waals surface area (Å²) in [6.07, 6.45) is 3.75. The number of rotatable bonds is 12. The predicted molar refractivity (Wildman–Crippen MR) is 517 cm³/mol. The number of hydrogen-bond acceptors (Lipinski definition) is 4. The molecule has 0 atom stereocenters. The molecule has 0 radical (unpaired) electrons. The zero-order valence-electron chi connectivity index (χ0n) is 67.3. The van der Waals surface area contributed by atoms with Crippen LogP contribution in [0.25, 0.3) is 232 Å². The predicted octanol–water partition coefficient (Wildman–Crippen LogP) is 30.1. The van der Waals surface area contributed by atoms with Crippen molar-refractivity contribution in [3.05, 3.63) is 449 Å². The Morgan fingerprint density at radius 1 is 0.161 bits per heavy atom. The van der Waals surface area contributed by atoms with Gasteiger partial charge in [0, 0.05) is 117 Å². The monoisotopic (exact) mass is 1580 g/mol. The van der Waals surface area contributed by atoms with Crippen molar-refractivity contribution in [1.29, 1.82) is 0 Å². The van der Waals surface area contributed by atoms with Crippen LogP contribution in [0.5, 0.6) is 0 Å². The molecule has 0 fully saturated rings. The van der Waals surface area contributed by atoms with Crippen LogP contribution in [0.2, 0.25) is 0 Å². The lowest BCUT2D eigenvalue weighted by Crippen LogP contribution is -1.94. The van der Waals surface area contributed by atoms with Gasteiger partial charge in [-0.1, -0.05) is 255 Å². The Morgan fingerprint density at radius 2 is 0.484 bits per heavy atom. The second-order valence-electron chi connectivity index (χ2n) is 32.0. The molecule has 0 N–H and O–H groups in total. The van der Waals surface area contributed by atoms with Gasteiger partial charge in [0.25, 0.3) is 0 Å². The lowest BCUT2D eigenvalue weighted by atomic mass is 9.93. The number of benzene rings is 17. The Morgan fingerprint density at radius 3 is 0.919 bits per heavy atom. The maximum atomic E-state index is 5.42. The largest absolute Gasteiger partial charge is 0.309 e. The minimum absolute atomic E-state index is 0.934. The van der Waals surface area contributed by atoms with Crippen molar-refractivity contribution in [3.8, 4) is 112 Å². The third-order valence-electron chi connectivity index (χ3n) is 24.9. The maximum Gasteiger partial charge on any atom is 0.0716 e. The molecule has 0 aliphatic heterocycles. The van der Waals surface area contributed by atoms with E-state index >= 15 is 0 Å². The molecule has 17 aromatic carbocycles. The number of pyridine rings is 4. The molecule has 25 aromatic rings. The molecule has 8 heteroatoms. The van der Waals surface area contributed by atoms with Gasteiger partial charge in [0.05, 0.1) is 77.8 Å². The molecule has 0 aliphatic rings. The van der Waals surface area contributed by atoms with Crippen LogP contribution in [0.4, 0.5) is 0 Å². The van der Waals surface area contributed by atoms with Crippen LogP contribution in [-0.2, 0) is 0 Å². The summed E-state index contributed by atoms with van der Waals surface area (Å²) in [6, 6.07) is 157. The van der Waals surface area contributed by atoms with Crippen molar-refractivity contribution < 1.29 is 0 Å². The van der Waals surface area contributed by atoms with Gasteiger partial charge in [0.2, 0.25) is 0 Å². The zero-order valence-corrected chi connectivity index (χ0v) is 67.3. The van der Waals surface area contributed by atoms with Crippen LogP contribution in [0.1, 0.15) is 0 Å². The lowest BCUT2D eigenvalue weighted by molar-refractivity contribution is 1.18. The second-order valence-corrected chi connectivity index (χ2v) is 32.0. The van der Waals surface area contributed by atoms with Crippen LogP contribution in [0, 0.1) is 0 Å². The Hall–Kier alpha value is -16.7. The number of hydrogen-bond donors (Lipinski definition) is 0. The van der Waals surface area contributed by atoms with Gasteiger partial charge >= 0.3 is 0 Å². The third kappa shape index (κ3) is 12.3. The highest BCUT2D eigenvalue weighted by Crippen LogP contribution is 2.45. The Kier molecular flexibility index (Phi) is 17.1. The number of para-hydroxylation sites is 9. The van der Waals surface area contributed by atoms with Gasteiger partial charge in [-0.2, -0.15) is 0 Å². The van der Waals surface area contributed by atoms with E-state index in [1.165, 1.54) is 98.4 Å². The first-order chi connectivity index (χ1) is 61.5. The third-order valence-corrected chi connectivity index (χ3v) is 24.9. The van der Waals surface area contributed by atoms with Crippen LogP contribution in [0.15, 0.2) is 449 Å². The first kappa shape index (κ1) is 71.4. The van der Waals surface area contributed by atoms with Crippen molar-refractivity contribution in [2.24, 2.45) is 0 Å². The smallest absolute Gasteiger partial charge is 0.0716 e. The molecular formula is C116H74N8. The van der Waals surface area contributed by atoms with Crippen molar-refractivity contribution in [1.82, 2.24) is 38.2 Å². The van der Waals surface area contributed by atoms with Crippen molar-refractivity contribution >= 4 is 120 Å². The summed E-state index contributed by atoms with van der Waals surface area (Å²) < 4.78 is 9.45. The number of nitrogens with zero attached hydrogens (tertiary/aromatic N) is 8. The van der Waals surface area contributed by atoms with E-state index in [1.54, 1.807) is 0 Å². The Labute approximate surface area is 714 Å². The zero-order chi connectivity index (χ0) is 81.7. The first-order valence-electron chi connectivity index (χ1n) is 42.2. The highest BCUT2D eigenvalue weighted by molar-refractivity contribution is 6.15. The van der Waals surface area contributed by atoms with E-state index in [2.05, 4.69) is 448 Å². The number of aromatic nitrogens is 8. The molecule has 0 unspecified atom stereocenters. The second kappa shape index (κ2) is 29.7. The summed E-state index contributed by atoms with van der Waals surface area (Å²) in [5.74, 6) is 0. The van der Waals surface area contributed by atoms with Crippen molar-refractivity contribution in [2.75, 3.05) is 0 Å². The summed E-state index contributed by atoms with van der Waals surface area (Å²) in [4.78, 5) is 20.3. The maximum absolute atomic E-state index is 5.42. The molecule has 0 saturated carbocycles. The molecule has 0 amide bonds. The van der Waals surface area contributed by atoms with Gasteiger partial charge < -0.3 is 18.3 Å². The summed E-state index contributed by atoms with van der Waals surface area (Å²) in [6.45, 7) is 0. The van der Waals surface area contributed by atoms with Crippen LogP contribution < -0.4 is 0 Å². The van der Waals surface area contributed by atoms with Gasteiger partial charge in [0.1, 0.15) is 0 Å². The minimum Gasteiger partial charge on any atom is -0.309 e. The topological polar surface area (TPSA) is 71.3 Å². The van der Waals surface area contributed by atoms with Gasteiger partial charge in [-0.15, -0.1) is 0 Å². The molecule has 578 valence electrons. The molecule has 8 nitrogen and oxygen atoms in total. The molecule has 0 bridgehead atoms. The molecule has 0 spiro atoms. The SMILES string of the molecule is c1ccc(-n2c3ccccc3c3cc(-c4ccc5nc(-c6ccc7c(c6)c6ccccc6n7-c6ccccc6)cc(-c6ccc(-c7ccc8ccccc8n7)cc6)c5c4)ccc32)cc1.c1ccc(-n2c3ccccc3c3cc(-c4ccc5nc(-c6ccc7c(c6)c6ccccc6n7-c6ccccc6)cc(-c6cccc(-c7cccnc7)c6)c5c4)ccc32)cc1.